The molecule has 0 saturated carbocycles. The largest absolute Gasteiger partial charge is 0.417 e. The van der Waals surface area contributed by atoms with Gasteiger partial charge in [0.25, 0.3) is 5.91 Å². The van der Waals surface area contributed by atoms with Crippen molar-refractivity contribution in [2.45, 2.75) is 25.7 Å². The second-order valence-electron chi connectivity index (χ2n) is 7.75. The van der Waals surface area contributed by atoms with Gasteiger partial charge in [-0.25, -0.2) is 0 Å². The van der Waals surface area contributed by atoms with Crippen molar-refractivity contribution in [3.63, 3.8) is 0 Å². The van der Waals surface area contributed by atoms with Crippen LogP contribution in [0.25, 0.3) is 11.1 Å². The van der Waals surface area contributed by atoms with E-state index in [-0.39, 0.29) is 35.7 Å². The van der Waals surface area contributed by atoms with Crippen LogP contribution in [0.2, 0.25) is 0 Å². The van der Waals surface area contributed by atoms with Gasteiger partial charge >= 0.3 is 12.4 Å². The molecule has 0 aliphatic carbocycles. The zero-order valence-electron chi connectivity index (χ0n) is 17.6. The number of hydrogen-bond acceptors (Lipinski definition) is 3. The third-order valence-electron chi connectivity index (χ3n) is 5.29. The molecule has 1 aliphatic heterocycles. The average molecular weight is 486 g/mol. The maximum absolute atomic E-state index is 13.8. The van der Waals surface area contributed by atoms with E-state index < -0.39 is 35.0 Å². The Hall–Kier alpha value is -2.67. The van der Waals surface area contributed by atoms with Crippen LogP contribution in [0.5, 0.6) is 0 Å². The number of carbonyl (C=O) groups is 1. The van der Waals surface area contributed by atoms with Crippen molar-refractivity contribution in [3.05, 3.63) is 58.7 Å². The van der Waals surface area contributed by atoms with Crippen LogP contribution in [-0.2, 0) is 12.4 Å². The normalized spacial score (nSPS) is 14.7. The zero-order chi connectivity index (χ0) is 24.4. The molecule has 0 aromatic heterocycles. The van der Waals surface area contributed by atoms with Gasteiger partial charge in [0.05, 0.1) is 28.3 Å². The first-order valence-corrected chi connectivity index (χ1v) is 11.3. The van der Waals surface area contributed by atoms with Gasteiger partial charge in [-0.15, -0.1) is 0 Å². The van der Waals surface area contributed by atoms with E-state index >= 15 is 0 Å². The molecule has 3 nitrogen and oxygen atoms in total. The van der Waals surface area contributed by atoms with Gasteiger partial charge < -0.3 is 4.90 Å². The maximum Gasteiger partial charge on any atom is 0.417 e. The van der Waals surface area contributed by atoms with Crippen molar-refractivity contribution in [1.29, 1.82) is 5.26 Å². The van der Waals surface area contributed by atoms with E-state index in [0.717, 1.165) is 48.3 Å². The van der Waals surface area contributed by atoms with Gasteiger partial charge in [-0.1, -0.05) is 19.1 Å². The van der Waals surface area contributed by atoms with E-state index in [4.69, 9.17) is 0 Å². The summed E-state index contributed by atoms with van der Waals surface area (Å²) in [5.74, 6) is 1.01. The SMILES string of the molecule is CCCSCC1CN(C(=O)c2c(C(F)(F)F)ccc(C#N)c2-c2ccc(C(F)(F)F)cc2)C1. The number of amides is 1. The second kappa shape index (κ2) is 9.67. The molecule has 1 heterocycles. The van der Waals surface area contributed by atoms with Gasteiger partial charge in [-0.05, 0) is 47.8 Å². The fourth-order valence-electron chi connectivity index (χ4n) is 3.67. The van der Waals surface area contributed by atoms with Crippen LogP contribution in [0.3, 0.4) is 0 Å². The quantitative estimate of drug-likeness (QED) is 0.347. The number of rotatable bonds is 6. The molecule has 2 aromatic carbocycles. The van der Waals surface area contributed by atoms with Crippen LogP contribution in [0, 0.1) is 17.2 Å². The van der Waals surface area contributed by atoms with Gasteiger partial charge in [0.1, 0.15) is 0 Å². The molecule has 1 amide bonds. The fourth-order valence-corrected chi connectivity index (χ4v) is 4.67. The Kier molecular flexibility index (Phi) is 7.32. The molecule has 33 heavy (non-hydrogen) atoms. The first kappa shape index (κ1) is 25.0. The Bertz CT molecular complexity index is 1050. The van der Waals surface area contributed by atoms with Gasteiger partial charge in [0, 0.05) is 24.6 Å². The number of halogens is 6. The van der Waals surface area contributed by atoms with Gasteiger partial charge in [0.15, 0.2) is 0 Å². The van der Waals surface area contributed by atoms with Gasteiger partial charge in [-0.2, -0.15) is 43.4 Å². The molecule has 2 aromatic rings. The zero-order valence-corrected chi connectivity index (χ0v) is 18.4. The van der Waals surface area contributed by atoms with Crippen LogP contribution >= 0.6 is 11.8 Å². The summed E-state index contributed by atoms with van der Waals surface area (Å²) in [6, 6.07) is 6.78. The average Bonchev–Trinajstić information content (AvgIpc) is 2.72. The predicted molar refractivity (Wildman–Crippen MR) is 114 cm³/mol. The minimum absolute atomic E-state index is 0.0652. The van der Waals surface area contributed by atoms with Crippen molar-refractivity contribution in [2.24, 2.45) is 5.92 Å². The molecule has 1 aliphatic rings. The third kappa shape index (κ3) is 5.46. The van der Waals surface area contributed by atoms with E-state index in [0.29, 0.717) is 6.07 Å². The molecule has 0 bridgehead atoms. The summed E-state index contributed by atoms with van der Waals surface area (Å²) in [4.78, 5) is 14.5. The lowest BCUT2D eigenvalue weighted by Gasteiger charge is -2.40. The summed E-state index contributed by atoms with van der Waals surface area (Å²) >= 11 is 1.71. The van der Waals surface area contributed by atoms with Crippen LogP contribution in [0.4, 0.5) is 26.3 Å². The van der Waals surface area contributed by atoms with Gasteiger partial charge in [-0.3, -0.25) is 4.79 Å². The van der Waals surface area contributed by atoms with Crippen molar-refractivity contribution >= 4 is 17.7 Å². The summed E-state index contributed by atoms with van der Waals surface area (Å²) in [5, 5.41) is 9.50. The Morgan fingerprint density at radius 2 is 1.70 bits per heavy atom. The van der Waals surface area contributed by atoms with E-state index in [1.165, 1.54) is 4.90 Å². The smallest absolute Gasteiger partial charge is 0.338 e. The summed E-state index contributed by atoms with van der Waals surface area (Å²) in [6.07, 6.45) is -8.53. The van der Waals surface area contributed by atoms with E-state index in [1.807, 2.05) is 6.92 Å². The summed E-state index contributed by atoms with van der Waals surface area (Å²) in [5.41, 5.74) is -3.51. The Balaban J connectivity index is 2.05. The van der Waals surface area contributed by atoms with Crippen LogP contribution < -0.4 is 0 Å². The molecule has 0 radical (unpaired) electrons. The van der Waals surface area contributed by atoms with Crippen LogP contribution in [-0.4, -0.2) is 35.4 Å². The Labute approximate surface area is 191 Å². The van der Waals surface area contributed by atoms with Crippen LogP contribution in [0.1, 0.15) is 40.4 Å². The molecule has 1 fully saturated rings. The first-order valence-electron chi connectivity index (χ1n) is 10.2. The number of nitrogens with zero attached hydrogens (tertiary/aromatic N) is 2. The molecule has 0 unspecified atom stereocenters. The highest BCUT2D eigenvalue weighted by Gasteiger charge is 2.41. The molecule has 176 valence electrons. The van der Waals surface area contributed by atoms with E-state index in [1.54, 1.807) is 17.8 Å². The molecule has 0 N–H and O–H groups in total. The minimum atomic E-state index is -4.89. The highest BCUT2D eigenvalue weighted by atomic mass is 32.2. The molecule has 0 spiro atoms. The Morgan fingerprint density at radius 3 is 2.21 bits per heavy atom. The molecule has 1 saturated heterocycles. The number of thioether (sulfide) groups is 1. The van der Waals surface area contributed by atoms with Crippen LogP contribution in [0.15, 0.2) is 36.4 Å². The summed E-state index contributed by atoms with van der Waals surface area (Å²) < 4.78 is 80.3. The van der Waals surface area contributed by atoms with Gasteiger partial charge in [0.2, 0.25) is 0 Å². The summed E-state index contributed by atoms with van der Waals surface area (Å²) in [7, 11) is 0. The fraction of sp³-hybridized carbons (Fsp3) is 0.391. The first-order chi connectivity index (χ1) is 15.5. The minimum Gasteiger partial charge on any atom is -0.338 e. The molecule has 0 atom stereocenters. The number of likely N-dealkylation sites (tertiary alicyclic amines) is 1. The predicted octanol–water partition coefficient (Wildman–Crippen LogP) is 6.48. The second-order valence-corrected chi connectivity index (χ2v) is 8.90. The molecular weight excluding hydrogens is 466 g/mol. The number of nitriles is 1. The molecule has 3 rings (SSSR count). The van der Waals surface area contributed by atoms with Crippen molar-refractivity contribution in [1.82, 2.24) is 4.90 Å². The lowest BCUT2D eigenvalue weighted by atomic mass is 9.88. The lowest BCUT2D eigenvalue weighted by Crippen LogP contribution is -2.51. The number of benzene rings is 2. The lowest BCUT2D eigenvalue weighted by molar-refractivity contribution is -0.138. The van der Waals surface area contributed by atoms with Crippen molar-refractivity contribution < 1.29 is 31.1 Å². The van der Waals surface area contributed by atoms with Crippen molar-refractivity contribution in [2.75, 3.05) is 24.6 Å². The third-order valence-corrected chi connectivity index (χ3v) is 6.70. The molecular formula is C23H20F6N2OS. The number of hydrogen-bond donors (Lipinski definition) is 0. The highest BCUT2D eigenvalue weighted by Crippen LogP contribution is 2.41. The standard InChI is InChI=1S/C23H20F6N2OS/c1-2-9-33-13-14-11-31(12-14)21(32)20-18(23(27,28)29)8-5-16(10-30)19(20)15-3-6-17(7-4-15)22(24,25)26/h3-8,14H,2,9,11-13H2,1H3. The highest BCUT2D eigenvalue weighted by molar-refractivity contribution is 7.99. The summed E-state index contributed by atoms with van der Waals surface area (Å²) in [6.45, 7) is 2.61. The number of carbonyl (C=O) groups excluding carboxylic acids is 1. The Morgan fingerprint density at radius 1 is 1.06 bits per heavy atom. The maximum atomic E-state index is 13.8. The topological polar surface area (TPSA) is 44.1 Å². The van der Waals surface area contributed by atoms with Crippen molar-refractivity contribution in [3.8, 4) is 17.2 Å². The van der Waals surface area contributed by atoms with E-state index in [2.05, 4.69) is 0 Å². The number of alkyl halides is 6. The van der Waals surface area contributed by atoms with E-state index in [9.17, 15) is 36.4 Å². The monoisotopic (exact) mass is 486 g/mol. The molecule has 10 heteroatoms.